The van der Waals surface area contributed by atoms with Gasteiger partial charge in [-0.2, -0.15) is 0 Å². The molecule has 1 aromatic heterocycles. The van der Waals surface area contributed by atoms with E-state index in [4.69, 9.17) is 18.0 Å². The molecule has 78 valence electrons. The van der Waals surface area contributed by atoms with Crippen molar-refractivity contribution in [1.29, 1.82) is 0 Å². The molecule has 0 aromatic carbocycles. The number of pyridine rings is 1. The average molecular weight is 290 g/mol. The van der Waals surface area contributed by atoms with Crippen molar-refractivity contribution in [2.45, 2.75) is 0 Å². The van der Waals surface area contributed by atoms with Gasteiger partial charge in [-0.15, -0.1) is 6.42 Å². The van der Waals surface area contributed by atoms with Crippen molar-refractivity contribution < 1.29 is 9.63 Å². The first kappa shape index (κ1) is 12.0. The van der Waals surface area contributed by atoms with Crippen molar-refractivity contribution in [3.05, 3.63) is 27.5 Å². The minimum atomic E-state index is -0.435. The summed E-state index contributed by atoms with van der Waals surface area (Å²) < 4.78 is 0.536. The highest BCUT2D eigenvalue weighted by molar-refractivity contribution is 9.10. The molecule has 15 heavy (non-hydrogen) atoms. The Hall–Kier alpha value is -1.09. The van der Waals surface area contributed by atoms with Crippen LogP contribution in [0, 0.1) is 12.3 Å². The van der Waals surface area contributed by atoms with Crippen molar-refractivity contribution in [3.63, 3.8) is 0 Å². The number of hydrogen-bond acceptors (Lipinski definition) is 3. The van der Waals surface area contributed by atoms with Gasteiger partial charge in [0, 0.05) is 6.20 Å². The molecule has 0 aliphatic heterocycles. The van der Waals surface area contributed by atoms with E-state index in [1.165, 1.54) is 12.3 Å². The number of rotatable bonds is 3. The zero-order valence-electron chi connectivity index (χ0n) is 7.46. The summed E-state index contributed by atoms with van der Waals surface area (Å²) in [5.74, 6) is 1.78. The number of aromatic nitrogens is 1. The van der Waals surface area contributed by atoms with Crippen LogP contribution >= 0.6 is 27.5 Å². The van der Waals surface area contributed by atoms with Crippen LogP contribution in [0.25, 0.3) is 0 Å². The number of nitrogens with one attached hydrogen (secondary N) is 1. The summed E-state index contributed by atoms with van der Waals surface area (Å²) in [5, 5.41) is 0.288. The first-order valence-corrected chi connectivity index (χ1v) is 4.99. The molecule has 1 heterocycles. The number of hydroxylamine groups is 1. The molecule has 1 aromatic rings. The van der Waals surface area contributed by atoms with Crippen LogP contribution in [0.4, 0.5) is 0 Å². The quantitative estimate of drug-likeness (QED) is 0.399. The third kappa shape index (κ3) is 3.51. The predicted octanol–water partition coefficient (Wildman–Crippen LogP) is 1.79. The third-order valence-corrected chi connectivity index (χ3v) is 2.51. The van der Waals surface area contributed by atoms with Gasteiger partial charge in [0.1, 0.15) is 11.8 Å². The Morgan fingerprint density at radius 1 is 1.80 bits per heavy atom. The number of nitrogens with zero attached hydrogens (tertiary/aromatic N) is 1. The minimum Gasteiger partial charge on any atom is -0.267 e. The van der Waals surface area contributed by atoms with Gasteiger partial charge >= 0.3 is 0 Å². The highest BCUT2D eigenvalue weighted by atomic mass is 79.9. The fourth-order valence-corrected chi connectivity index (χ4v) is 1.20. The Balaban J connectivity index is 2.67. The molecule has 6 heteroatoms. The van der Waals surface area contributed by atoms with E-state index >= 15 is 0 Å². The molecule has 0 unspecified atom stereocenters. The fourth-order valence-electron chi connectivity index (χ4n) is 0.748. The minimum absolute atomic E-state index is 0.00787. The fraction of sp³-hybridized carbons (Fsp3) is 0.111. The number of carbonyl (C=O) groups excluding carboxylic acids is 1. The van der Waals surface area contributed by atoms with E-state index in [-0.39, 0.29) is 11.8 Å². The molecular formula is C9H6BrClN2O2. The van der Waals surface area contributed by atoms with Crippen LogP contribution in [0.1, 0.15) is 10.4 Å². The smallest absolute Gasteiger partial charge is 0.267 e. The Kier molecular flexibility index (Phi) is 4.56. The SMILES string of the molecule is C#CCONC(=O)c1cnc(Cl)c(Br)c1. The molecule has 0 fully saturated rings. The molecule has 1 N–H and O–H groups in total. The van der Waals surface area contributed by atoms with E-state index in [9.17, 15) is 4.79 Å². The lowest BCUT2D eigenvalue weighted by atomic mass is 10.3. The van der Waals surface area contributed by atoms with Crippen LogP contribution < -0.4 is 5.48 Å². The number of amides is 1. The predicted molar refractivity (Wildman–Crippen MR) is 59.2 cm³/mol. The zero-order valence-corrected chi connectivity index (χ0v) is 9.80. The average Bonchev–Trinajstić information content (AvgIpc) is 2.22. The van der Waals surface area contributed by atoms with E-state index in [1.807, 2.05) is 0 Å². The lowest BCUT2D eigenvalue weighted by molar-refractivity contribution is 0.0437. The monoisotopic (exact) mass is 288 g/mol. The van der Waals surface area contributed by atoms with E-state index in [0.717, 1.165) is 0 Å². The molecule has 0 radical (unpaired) electrons. The molecule has 1 rings (SSSR count). The Labute approximate surface area is 100 Å². The lowest BCUT2D eigenvalue weighted by Gasteiger charge is -2.03. The normalized spacial score (nSPS) is 9.40. The maximum Gasteiger partial charge on any atom is 0.276 e. The van der Waals surface area contributed by atoms with Gasteiger partial charge in [-0.3, -0.25) is 9.63 Å². The van der Waals surface area contributed by atoms with Crippen LogP contribution in [-0.4, -0.2) is 17.5 Å². The topological polar surface area (TPSA) is 51.2 Å². The Morgan fingerprint density at radius 3 is 3.13 bits per heavy atom. The summed E-state index contributed by atoms with van der Waals surface area (Å²) in [5.41, 5.74) is 2.48. The second-order valence-corrected chi connectivity index (χ2v) is 3.63. The molecular weight excluding hydrogens is 283 g/mol. The molecule has 0 atom stereocenters. The standard InChI is InChI=1S/C9H6BrClN2O2/c1-2-3-15-13-9(14)6-4-7(10)8(11)12-5-6/h1,4-5H,3H2,(H,13,14). The Morgan fingerprint density at radius 2 is 2.53 bits per heavy atom. The van der Waals surface area contributed by atoms with Gasteiger partial charge < -0.3 is 0 Å². The van der Waals surface area contributed by atoms with Crippen LogP contribution in [-0.2, 0) is 4.84 Å². The number of halogens is 2. The summed E-state index contributed by atoms with van der Waals surface area (Å²) in [6, 6.07) is 1.53. The van der Waals surface area contributed by atoms with E-state index in [0.29, 0.717) is 10.0 Å². The maximum atomic E-state index is 11.4. The third-order valence-electron chi connectivity index (χ3n) is 1.38. The molecule has 0 saturated heterocycles. The lowest BCUT2D eigenvalue weighted by Crippen LogP contribution is -2.24. The number of terminal acetylenes is 1. The van der Waals surface area contributed by atoms with Gasteiger partial charge in [-0.1, -0.05) is 17.5 Å². The Bertz CT molecular complexity index is 417. The summed E-state index contributed by atoms with van der Waals surface area (Å²) in [6.45, 7) is 0.00787. The summed E-state index contributed by atoms with van der Waals surface area (Å²) in [6.07, 6.45) is 6.27. The number of hydrogen-bond donors (Lipinski definition) is 1. The molecule has 0 spiro atoms. The second kappa shape index (κ2) is 5.71. The van der Waals surface area contributed by atoms with Gasteiger partial charge in [0.25, 0.3) is 5.91 Å². The van der Waals surface area contributed by atoms with Gasteiger partial charge in [-0.05, 0) is 22.0 Å². The maximum absolute atomic E-state index is 11.4. The van der Waals surface area contributed by atoms with E-state index in [2.05, 4.69) is 37.2 Å². The summed E-state index contributed by atoms with van der Waals surface area (Å²) in [7, 11) is 0. The molecule has 1 amide bonds. The molecule has 0 aliphatic carbocycles. The van der Waals surface area contributed by atoms with Crippen molar-refractivity contribution in [2.75, 3.05) is 6.61 Å². The van der Waals surface area contributed by atoms with Crippen LogP contribution in [0.5, 0.6) is 0 Å². The molecule has 0 aliphatic rings. The molecule has 0 saturated carbocycles. The van der Waals surface area contributed by atoms with Gasteiger partial charge in [0.05, 0.1) is 10.0 Å². The first-order valence-electron chi connectivity index (χ1n) is 3.81. The number of carbonyl (C=O) groups is 1. The van der Waals surface area contributed by atoms with E-state index in [1.54, 1.807) is 0 Å². The van der Waals surface area contributed by atoms with E-state index < -0.39 is 5.91 Å². The van der Waals surface area contributed by atoms with Gasteiger partial charge in [0.2, 0.25) is 0 Å². The van der Waals surface area contributed by atoms with Crippen molar-refractivity contribution in [3.8, 4) is 12.3 Å². The molecule has 4 nitrogen and oxygen atoms in total. The van der Waals surface area contributed by atoms with Crippen LogP contribution in [0.15, 0.2) is 16.7 Å². The van der Waals surface area contributed by atoms with Crippen molar-refractivity contribution in [2.24, 2.45) is 0 Å². The first-order chi connectivity index (χ1) is 7.15. The molecule has 0 bridgehead atoms. The second-order valence-electron chi connectivity index (χ2n) is 2.42. The summed E-state index contributed by atoms with van der Waals surface area (Å²) in [4.78, 5) is 19.8. The van der Waals surface area contributed by atoms with Gasteiger partial charge in [-0.25, -0.2) is 10.5 Å². The van der Waals surface area contributed by atoms with Crippen LogP contribution in [0.2, 0.25) is 5.15 Å². The highest BCUT2D eigenvalue weighted by Crippen LogP contribution is 2.20. The zero-order chi connectivity index (χ0) is 11.3. The largest absolute Gasteiger partial charge is 0.276 e. The van der Waals surface area contributed by atoms with Crippen molar-refractivity contribution in [1.82, 2.24) is 10.5 Å². The van der Waals surface area contributed by atoms with Crippen molar-refractivity contribution >= 4 is 33.4 Å². The van der Waals surface area contributed by atoms with Gasteiger partial charge in [0.15, 0.2) is 0 Å². The summed E-state index contributed by atoms with van der Waals surface area (Å²) >= 11 is 8.81. The van der Waals surface area contributed by atoms with Crippen LogP contribution in [0.3, 0.4) is 0 Å². The highest BCUT2D eigenvalue weighted by Gasteiger charge is 2.08.